The van der Waals surface area contributed by atoms with Crippen LogP contribution in [0.15, 0.2) is 41.0 Å². The summed E-state index contributed by atoms with van der Waals surface area (Å²) in [6.45, 7) is 2.53. The van der Waals surface area contributed by atoms with E-state index in [0.717, 1.165) is 5.56 Å². The summed E-state index contributed by atoms with van der Waals surface area (Å²) in [7, 11) is 4.55. The van der Waals surface area contributed by atoms with Crippen LogP contribution in [0, 0.1) is 0 Å². The number of anilines is 1. The monoisotopic (exact) mass is 492 g/mol. The number of allylic oxidation sites excluding steroid dienone is 1. The minimum Gasteiger partial charge on any atom is -0.497 e. The highest BCUT2D eigenvalue weighted by Crippen LogP contribution is 2.33. The molecule has 3 rings (SSSR count). The van der Waals surface area contributed by atoms with Gasteiger partial charge in [0.1, 0.15) is 27.9 Å². The molecule has 33 heavy (non-hydrogen) atoms. The highest BCUT2D eigenvalue weighted by molar-refractivity contribution is 8.04. The molecule has 2 aromatic rings. The van der Waals surface area contributed by atoms with Crippen LogP contribution in [0.1, 0.15) is 22.8 Å². The van der Waals surface area contributed by atoms with Crippen LogP contribution in [0.3, 0.4) is 0 Å². The molecule has 0 saturated carbocycles. The molecule has 0 aromatic heterocycles. The Hall–Kier alpha value is -3.04. The van der Waals surface area contributed by atoms with E-state index in [9.17, 15) is 9.59 Å². The molecule has 2 N–H and O–H groups in total. The second-order valence-corrected chi connectivity index (χ2v) is 8.44. The van der Waals surface area contributed by atoms with Gasteiger partial charge >= 0.3 is 0 Å². The number of rotatable bonds is 8. The fourth-order valence-corrected chi connectivity index (χ4v) is 4.20. The summed E-state index contributed by atoms with van der Waals surface area (Å²) >= 11 is 7.80. The Balaban J connectivity index is 1.76. The number of carbonyl (C=O) groups is 2. The first-order valence-corrected chi connectivity index (χ1v) is 11.4. The molecule has 1 aliphatic heterocycles. The molecule has 1 aliphatic rings. The van der Waals surface area contributed by atoms with Crippen LogP contribution in [0.25, 0.3) is 0 Å². The normalized spacial score (nSPS) is 13.1. The lowest BCUT2D eigenvalue weighted by Gasteiger charge is -2.19. The molecule has 1 heterocycles. The molecule has 8 nitrogen and oxygen atoms in total. The molecular formula is C23H25ClN2O6S. The molecule has 2 aromatic carbocycles. The Kier molecular flexibility index (Phi) is 8.35. The van der Waals surface area contributed by atoms with E-state index in [1.165, 1.54) is 31.0 Å². The van der Waals surface area contributed by atoms with Crippen molar-refractivity contribution in [2.24, 2.45) is 0 Å². The van der Waals surface area contributed by atoms with Gasteiger partial charge in [-0.15, -0.1) is 11.8 Å². The third-order valence-corrected chi connectivity index (χ3v) is 6.33. The summed E-state index contributed by atoms with van der Waals surface area (Å²) in [5, 5.41) is 5.80. The van der Waals surface area contributed by atoms with Gasteiger partial charge in [-0.3, -0.25) is 9.59 Å². The summed E-state index contributed by atoms with van der Waals surface area (Å²) in [5.41, 5.74) is 1.34. The van der Waals surface area contributed by atoms with Gasteiger partial charge in [0.2, 0.25) is 0 Å². The number of ether oxygens (including phenoxy) is 4. The van der Waals surface area contributed by atoms with Crippen molar-refractivity contribution >= 4 is 40.9 Å². The number of carbonyl (C=O) groups excluding carboxylic acids is 2. The maximum atomic E-state index is 12.9. The Morgan fingerprint density at radius 3 is 2.48 bits per heavy atom. The summed E-state index contributed by atoms with van der Waals surface area (Å²) in [6, 6.07) is 8.31. The smallest absolute Gasteiger partial charge is 0.265 e. The van der Waals surface area contributed by atoms with Gasteiger partial charge in [-0.2, -0.15) is 0 Å². The molecule has 10 heteroatoms. The van der Waals surface area contributed by atoms with Gasteiger partial charge in [-0.25, -0.2) is 0 Å². The highest BCUT2D eigenvalue weighted by Gasteiger charge is 2.22. The van der Waals surface area contributed by atoms with E-state index < -0.39 is 0 Å². The Labute approximate surface area is 201 Å². The molecule has 0 bridgehead atoms. The maximum absolute atomic E-state index is 12.9. The van der Waals surface area contributed by atoms with E-state index in [0.29, 0.717) is 40.2 Å². The predicted molar refractivity (Wildman–Crippen MR) is 128 cm³/mol. The number of amides is 2. The average molecular weight is 493 g/mol. The molecule has 176 valence electrons. The van der Waals surface area contributed by atoms with E-state index in [1.807, 2.05) is 6.07 Å². The van der Waals surface area contributed by atoms with Crippen LogP contribution < -0.4 is 24.8 Å². The largest absolute Gasteiger partial charge is 0.497 e. The zero-order valence-electron chi connectivity index (χ0n) is 18.7. The minimum atomic E-state index is -0.390. The molecule has 0 radical (unpaired) electrons. The van der Waals surface area contributed by atoms with Crippen LogP contribution in [-0.2, 0) is 16.1 Å². The zero-order chi connectivity index (χ0) is 24.0. The predicted octanol–water partition coefficient (Wildman–Crippen LogP) is 4.23. The molecule has 0 fully saturated rings. The number of thioether (sulfide) groups is 1. The first-order chi connectivity index (χ1) is 15.9. The Morgan fingerprint density at radius 2 is 1.82 bits per heavy atom. The van der Waals surface area contributed by atoms with E-state index in [4.69, 9.17) is 30.5 Å². The van der Waals surface area contributed by atoms with Crippen molar-refractivity contribution in [2.75, 3.05) is 39.0 Å². The first kappa shape index (κ1) is 24.6. The van der Waals surface area contributed by atoms with Crippen LogP contribution in [0.2, 0.25) is 5.02 Å². The lowest BCUT2D eigenvalue weighted by molar-refractivity contribution is -0.112. The SMILES string of the molecule is COc1ccc(CNC(=O)c2cc(Cl)c(NC(=O)C3=C(C)OCCS3)cc2OC)c(OC)c1. The summed E-state index contributed by atoms with van der Waals surface area (Å²) in [5.74, 6) is 2.05. The lowest BCUT2D eigenvalue weighted by Crippen LogP contribution is -2.24. The number of hydrogen-bond donors (Lipinski definition) is 2. The van der Waals surface area contributed by atoms with Gasteiger partial charge in [0.15, 0.2) is 0 Å². The summed E-state index contributed by atoms with van der Waals surface area (Å²) in [4.78, 5) is 26.0. The molecule has 0 spiro atoms. The zero-order valence-corrected chi connectivity index (χ0v) is 20.3. The quantitative estimate of drug-likeness (QED) is 0.569. The number of benzene rings is 2. The van der Waals surface area contributed by atoms with Gasteiger partial charge in [0, 0.05) is 30.0 Å². The van der Waals surface area contributed by atoms with Crippen molar-refractivity contribution in [3.8, 4) is 17.2 Å². The van der Waals surface area contributed by atoms with Crippen LogP contribution in [0.4, 0.5) is 5.69 Å². The maximum Gasteiger partial charge on any atom is 0.265 e. The fraction of sp³-hybridized carbons (Fsp3) is 0.304. The molecule has 0 aliphatic carbocycles. The first-order valence-electron chi connectivity index (χ1n) is 10.0. The van der Waals surface area contributed by atoms with Crippen molar-refractivity contribution in [3.05, 3.63) is 57.1 Å². The second-order valence-electron chi connectivity index (χ2n) is 6.93. The number of halogens is 1. The van der Waals surface area contributed by atoms with Gasteiger partial charge in [0.05, 0.1) is 44.2 Å². The standard InChI is InChI=1S/C23H25ClN2O6S/c1-13-21(33-8-7-32-13)23(28)26-18-11-20(31-4)16(10-17(18)24)22(27)25-12-14-5-6-15(29-2)9-19(14)30-3/h5-6,9-11H,7-8,12H2,1-4H3,(H,25,27)(H,26,28). The van der Waals surface area contributed by atoms with Crippen molar-refractivity contribution in [1.82, 2.24) is 5.32 Å². The third-order valence-electron chi connectivity index (χ3n) is 4.89. The van der Waals surface area contributed by atoms with E-state index in [2.05, 4.69) is 10.6 Å². The highest BCUT2D eigenvalue weighted by atomic mass is 35.5. The Morgan fingerprint density at radius 1 is 1.06 bits per heavy atom. The van der Waals surface area contributed by atoms with Gasteiger partial charge < -0.3 is 29.6 Å². The fourth-order valence-electron chi connectivity index (χ4n) is 3.17. The van der Waals surface area contributed by atoms with Crippen molar-refractivity contribution in [3.63, 3.8) is 0 Å². The third kappa shape index (κ3) is 5.85. The topological polar surface area (TPSA) is 95.1 Å². The Bertz CT molecular complexity index is 1090. The second kappa shape index (κ2) is 11.2. The lowest BCUT2D eigenvalue weighted by atomic mass is 10.1. The van der Waals surface area contributed by atoms with Gasteiger partial charge in [0.25, 0.3) is 11.8 Å². The molecule has 0 unspecified atom stereocenters. The molecule has 2 amide bonds. The summed E-state index contributed by atoms with van der Waals surface area (Å²) in [6.07, 6.45) is 0. The van der Waals surface area contributed by atoms with Gasteiger partial charge in [-0.1, -0.05) is 11.6 Å². The van der Waals surface area contributed by atoms with Crippen molar-refractivity contribution in [1.29, 1.82) is 0 Å². The average Bonchev–Trinajstić information content (AvgIpc) is 2.83. The minimum absolute atomic E-state index is 0.205. The van der Waals surface area contributed by atoms with Crippen molar-refractivity contribution < 1.29 is 28.5 Å². The van der Waals surface area contributed by atoms with Crippen molar-refractivity contribution in [2.45, 2.75) is 13.5 Å². The number of methoxy groups -OCH3 is 3. The van der Waals surface area contributed by atoms with Crippen LogP contribution in [-0.4, -0.2) is 45.5 Å². The molecule has 0 atom stereocenters. The van der Waals surface area contributed by atoms with Crippen LogP contribution in [0.5, 0.6) is 17.2 Å². The van der Waals surface area contributed by atoms with Gasteiger partial charge in [-0.05, 0) is 25.1 Å². The van der Waals surface area contributed by atoms with E-state index in [1.54, 1.807) is 33.3 Å². The molecular weight excluding hydrogens is 468 g/mol. The number of hydrogen-bond acceptors (Lipinski definition) is 7. The van der Waals surface area contributed by atoms with E-state index >= 15 is 0 Å². The molecule has 0 saturated heterocycles. The van der Waals surface area contributed by atoms with Crippen LogP contribution >= 0.6 is 23.4 Å². The number of nitrogens with one attached hydrogen (secondary N) is 2. The summed E-state index contributed by atoms with van der Waals surface area (Å²) < 4.78 is 21.4. The van der Waals surface area contributed by atoms with E-state index in [-0.39, 0.29) is 34.7 Å².